The second-order valence-electron chi connectivity index (χ2n) is 6.83. The maximum atomic E-state index is 12.4. The number of carbonyl (C=O) groups excluding carboxylic acids is 3. The SMILES string of the molecule is CCOc1ccc(C(=O)NCC(=O)OCC(=O)NC(C)c2ccc(Cl)cc2Cl)cc1OCC. The van der Waals surface area contributed by atoms with E-state index in [4.69, 9.17) is 37.4 Å². The minimum Gasteiger partial charge on any atom is -0.490 e. The maximum Gasteiger partial charge on any atom is 0.325 e. The molecule has 178 valence electrons. The summed E-state index contributed by atoms with van der Waals surface area (Å²) in [6, 6.07) is 9.24. The molecule has 2 amide bonds. The molecule has 33 heavy (non-hydrogen) atoms. The van der Waals surface area contributed by atoms with Crippen LogP contribution < -0.4 is 20.1 Å². The topological polar surface area (TPSA) is 103 Å². The fourth-order valence-electron chi connectivity index (χ4n) is 2.86. The summed E-state index contributed by atoms with van der Waals surface area (Å²) in [6.45, 7) is 5.36. The number of benzene rings is 2. The third-order valence-electron chi connectivity index (χ3n) is 4.37. The first kappa shape index (κ1) is 26.3. The van der Waals surface area contributed by atoms with Crippen molar-refractivity contribution in [1.29, 1.82) is 0 Å². The van der Waals surface area contributed by atoms with Gasteiger partial charge in [0.25, 0.3) is 11.8 Å². The Labute approximate surface area is 202 Å². The fraction of sp³-hybridized carbons (Fsp3) is 0.348. The van der Waals surface area contributed by atoms with Gasteiger partial charge in [0, 0.05) is 15.6 Å². The fourth-order valence-corrected chi connectivity index (χ4v) is 3.43. The Balaban J connectivity index is 1.82. The van der Waals surface area contributed by atoms with Crippen LogP contribution in [-0.2, 0) is 14.3 Å². The van der Waals surface area contributed by atoms with Gasteiger partial charge in [-0.25, -0.2) is 0 Å². The second kappa shape index (κ2) is 12.9. The molecule has 0 fully saturated rings. The molecule has 2 rings (SSSR count). The average molecular weight is 497 g/mol. The lowest BCUT2D eigenvalue weighted by atomic mass is 10.1. The second-order valence-corrected chi connectivity index (χ2v) is 7.67. The predicted octanol–water partition coefficient (Wildman–Crippen LogP) is 3.94. The lowest BCUT2D eigenvalue weighted by molar-refractivity contribution is -0.147. The summed E-state index contributed by atoms with van der Waals surface area (Å²) in [5.41, 5.74) is 0.968. The molecule has 0 bridgehead atoms. The van der Waals surface area contributed by atoms with Crippen LogP contribution >= 0.6 is 23.2 Å². The number of rotatable bonds is 11. The number of carbonyl (C=O) groups is 3. The summed E-state index contributed by atoms with van der Waals surface area (Å²) in [4.78, 5) is 36.4. The van der Waals surface area contributed by atoms with Crippen molar-refractivity contribution in [3.63, 3.8) is 0 Å². The van der Waals surface area contributed by atoms with Crippen LogP contribution in [0.4, 0.5) is 0 Å². The van der Waals surface area contributed by atoms with Gasteiger partial charge in [-0.3, -0.25) is 14.4 Å². The van der Waals surface area contributed by atoms with E-state index < -0.39 is 37.0 Å². The van der Waals surface area contributed by atoms with Gasteiger partial charge in [0.1, 0.15) is 6.54 Å². The van der Waals surface area contributed by atoms with E-state index in [0.717, 1.165) is 0 Å². The number of hydrogen-bond donors (Lipinski definition) is 2. The number of amides is 2. The van der Waals surface area contributed by atoms with E-state index in [1.54, 1.807) is 37.3 Å². The Hall–Kier alpha value is -2.97. The monoisotopic (exact) mass is 496 g/mol. The molecule has 0 aliphatic carbocycles. The van der Waals surface area contributed by atoms with E-state index in [0.29, 0.717) is 45.9 Å². The molecule has 2 aromatic rings. The Kier molecular flexibility index (Phi) is 10.3. The normalized spacial score (nSPS) is 11.3. The van der Waals surface area contributed by atoms with Crippen LogP contribution in [0.15, 0.2) is 36.4 Å². The Bertz CT molecular complexity index is 999. The molecule has 0 saturated carbocycles. The van der Waals surface area contributed by atoms with Crippen molar-refractivity contribution >= 4 is 41.0 Å². The molecule has 0 radical (unpaired) electrons. The largest absolute Gasteiger partial charge is 0.490 e. The van der Waals surface area contributed by atoms with Gasteiger partial charge in [0.05, 0.1) is 19.3 Å². The van der Waals surface area contributed by atoms with Crippen LogP contribution in [0.2, 0.25) is 10.0 Å². The van der Waals surface area contributed by atoms with Gasteiger partial charge in [0.2, 0.25) is 0 Å². The first-order valence-corrected chi connectivity index (χ1v) is 11.1. The quantitative estimate of drug-likeness (QED) is 0.456. The van der Waals surface area contributed by atoms with Gasteiger partial charge in [0.15, 0.2) is 18.1 Å². The standard InChI is InChI=1S/C23H26Cl2N2O6/c1-4-31-19-9-6-15(10-20(19)32-5-2)23(30)26-12-22(29)33-13-21(28)27-14(3)17-8-7-16(24)11-18(17)25/h6-11,14H,4-5,12-13H2,1-3H3,(H,26,30)(H,27,28). The van der Waals surface area contributed by atoms with Crippen molar-refractivity contribution in [2.24, 2.45) is 0 Å². The third-order valence-corrected chi connectivity index (χ3v) is 4.93. The van der Waals surface area contributed by atoms with Crippen LogP contribution in [-0.4, -0.2) is 44.1 Å². The van der Waals surface area contributed by atoms with E-state index in [1.807, 2.05) is 13.8 Å². The van der Waals surface area contributed by atoms with Crippen LogP contribution in [0.5, 0.6) is 11.5 Å². The van der Waals surface area contributed by atoms with Crippen molar-refractivity contribution in [3.05, 3.63) is 57.6 Å². The summed E-state index contributed by atoms with van der Waals surface area (Å²) in [5, 5.41) is 6.03. The molecule has 0 spiro atoms. The minimum absolute atomic E-state index is 0.293. The summed E-state index contributed by atoms with van der Waals surface area (Å²) >= 11 is 12.0. The number of halogens is 2. The zero-order valence-corrected chi connectivity index (χ0v) is 20.1. The smallest absolute Gasteiger partial charge is 0.325 e. The summed E-state index contributed by atoms with van der Waals surface area (Å²) in [6.07, 6.45) is 0. The lowest BCUT2D eigenvalue weighted by Gasteiger charge is -2.16. The molecular weight excluding hydrogens is 471 g/mol. The highest BCUT2D eigenvalue weighted by molar-refractivity contribution is 6.35. The summed E-state index contributed by atoms with van der Waals surface area (Å²) in [5.74, 6) is -0.810. The number of nitrogens with one attached hydrogen (secondary N) is 2. The number of hydrogen-bond acceptors (Lipinski definition) is 6. The maximum absolute atomic E-state index is 12.4. The zero-order chi connectivity index (χ0) is 24.4. The summed E-state index contributed by atoms with van der Waals surface area (Å²) < 4.78 is 15.9. The molecule has 0 aromatic heterocycles. The van der Waals surface area contributed by atoms with Gasteiger partial charge >= 0.3 is 5.97 Å². The average Bonchev–Trinajstić information content (AvgIpc) is 2.77. The van der Waals surface area contributed by atoms with Crippen molar-refractivity contribution in [2.45, 2.75) is 26.8 Å². The molecule has 0 aliphatic rings. The zero-order valence-electron chi connectivity index (χ0n) is 18.6. The molecule has 10 heteroatoms. The van der Waals surface area contributed by atoms with Crippen molar-refractivity contribution in [1.82, 2.24) is 10.6 Å². The van der Waals surface area contributed by atoms with E-state index in [-0.39, 0.29) is 0 Å². The molecule has 0 heterocycles. The molecule has 2 N–H and O–H groups in total. The van der Waals surface area contributed by atoms with Crippen LogP contribution in [0, 0.1) is 0 Å². The van der Waals surface area contributed by atoms with E-state index in [2.05, 4.69) is 10.6 Å². The third kappa shape index (κ3) is 8.14. The van der Waals surface area contributed by atoms with E-state index in [9.17, 15) is 14.4 Å². The lowest BCUT2D eigenvalue weighted by Crippen LogP contribution is -2.34. The van der Waals surface area contributed by atoms with Crippen molar-refractivity contribution in [3.8, 4) is 11.5 Å². The first-order chi connectivity index (χ1) is 15.7. The predicted molar refractivity (Wildman–Crippen MR) is 125 cm³/mol. The van der Waals surface area contributed by atoms with Gasteiger partial charge in [-0.05, 0) is 56.7 Å². The highest BCUT2D eigenvalue weighted by atomic mass is 35.5. The highest BCUT2D eigenvalue weighted by Gasteiger charge is 2.16. The number of esters is 1. The van der Waals surface area contributed by atoms with Crippen molar-refractivity contribution in [2.75, 3.05) is 26.4 Å². The van der Waals surface area contributed by atoms with Gasteiger partial charge in [-0.15, -0.1) is 0 Å². The molecule has 0 saturated heterocycles. The highest BCUT2D eigenvalue weighted by Crippen LogP contribution is 2.28. The molecule has 0 aliphatic heterocycles. The summed E-state index contributed by atoms with van der Waals surface area (Å²) in [7, 11) is 0. The Morgan fingerprint density at radius 1 is 0.970 bits per heavy atom. The van der Waals surface area contributed by atoms with E-state index in [1.165, 1.54) is 6.07 Å². The molecule has 1 unspecified atom stereocenters. The van der Waals surface area contributed by atoms with Crippen LogP contribution in [0.25, 0.3) is 0 Å². The molecule has 8 nitrogen and oxygen atoms in total. The Morgan fingerprint density at radius 3 is 2.33 bits per heavy atom. The molecular formula is C23H26Cl2N2O6. The molecule has 2 aromatic carbocycles. The molecule has 1 atom stereocenters. The number of ether oxygens (including phenoxy) is 3. The van der Waals surface area contributed by atoms with Crippen molar-refractivity contribution < 1.29 is 28.6 Å². The van der Waals surface area contributed by atoms with Crippen LogP contribution in [0.1, 0.15) is 42.7 Å². The first-order valence-electron chi connectivity index (χ1n) is 10.3. The minimum atomic E-state index is -0.758. The Morgan fingerprint density at radius 2 is 1.67 bits per heavy atom. The van der Waals surface area contributed by atoms with Crippen LogP contribution in [0.3, 0.4) is 0 Å². The van der Waals surface area contributed by atoms with Gasteiger partial charge < -0.3 is 24.8 Å². The van der Waals surface area contributed by atoms with E-state index >= 15 is 0 Å². The van der Waals surface area contributed by atoms with Gasteiger partial charge in [-0.2, -0.15) is 0 Å². The van der Waals surface area contributed by atoms with Gasteiger partial charge in [-0.1, -0.05) is 29.3 Å².